The van der Waals surface area contributed by atoms with Crippen LogP contribution in [0.5, 0.6) is 0 Å². The average molecular weight is 666 g/mol. The Morgan fingerprint density at radius 2 is 0.475 bits per heavy atom. The van der Waals surface area contributed by atoms with Crippen molar-refractivity contribution in [1.29, 1.82) is 0 Å². The Bertz CT molecular complexity index is 834. The van der Waals surface area contributed by atoms with E-state index in [0.717, 1.165) is 0 Å². The number of alkyl halides is 18. The van der Waals surface area contributed by atoms with Crippen LogP contribution in [0.15, 0.2) is 35.5 Å². The van der Waals surface area contributed by atoms with E-state index in [2.05, 4.69) is 0 Å². The van der Waals surface area contributed by atoms with E-state index in [4.69, 9.17) is 0 Å². The maximum Gasteiger partial charge on any atom is 3.00 e. The van der Waals surface area contributed by atoms with Crippen molar-refractivity contribution in [3.63, 3.8) is 0 Å². The van der Waals surface area contributed by atoms with Gasteiger partial charge in [-0.3, -0.25) is 14.4 Å². The van der Waals surface area contributed by atoms with Crippen LogP contribution in [0, 0.1) is 0 Å². The van der Waals surface area contributed by atoms with Crippen molar-refractivity contribution < 1.29 is 135 Å². The zero-order valence-electron chi connectivity index (χ0n) is 17.6. The number of hydrogen-bond donors (Lipinski definition) is 0. The molecule has 228 valence electrons. The molecule has 0 saturated carbocycles. The van der Waals surface area contributed by atoms with Gasteiger partial charge in [-0.15, -0.1) is 0 Å². The standard InChI is InChI=1S/3C5H2F6O2.Sc/c3*6-4(7,8)2(12)1-3(13)5(9,10)11;/h3*1,12H;/q;;;+3/p-3/b3*2-1-;. The van der Waals surface area contributed by atoms with Crippen molar-refractivity contribution in [2.24, 2.45) is 0 Å². The Labute approximate surface area is 225 Å². The van der Waals surface area contributed by atoms with Crippen molar-refractivity contribution in [1.82, 2.24) is 0 Å². The zero-order chi connectivity index (χ0) is 32.6. The first-order valence-corrected chi connectivity index (χ1v) is 7.86. The van der Waals surface area contributed by atoms with Crippen LogP contribution in [0.25, 0.3) is 0 Å². The Kier molecular flexibility index (Phi) is 16.9. The molecule has 0 aromatic carbocycles. The van der Waals surface area contributed by atoms with Gasteiger partial charge in [0.05, 0.1) is 0 Å². The van der Waals surface area contributed by atoms with Crippen LogP contribution in [0.4, 0.5) is 79.0 Å². The van der Waals surface area contributed by atoms with Gasteiger partial charge in [-0.05, 0) is 35.5 Å². The molecule has 0 spiro atoms. The van der Waals surface area contributed by atoms with Gasteiger partial charge in [0, 0.05) is 0 Å². The summed E-state index contributed by atoms with van der Waals surface area (Å²) >= 11 is 0. The van der Waals surface area contributed by atoms with Crippen LogP contribution in [0.2, 0.25) is 0 Å². The summed E-state index contributed by atoms with van der Waals surface area (Å²) in [5.74, 6) is -16.9. The molecule has 0 aliphatic carbocycles. The smallest absolute Gasteiger partial charge is 0.869 e. The molecule has 0 aromatic rings. The molecule has 6 nitrogen and oxygen atoms in total. The van der Waals surface area contributed by atoms with Gasteiger partial charge in [-0.25, -0.2) is 0 Å². The number of halogens is 18. The first-order valence-electron chi connectivity index (χ1n) is 7.86. The van der Waals surface area contributed by atoms with Crippen LogP contribution in [0.3, 0.4) is 0 Å². The minimum Gasteiger partial charge on any atom is -0.869 e. The Morgan fingerprint density at radius 1 is 0.350 bits per heavy atom. The van der Waals surface area contributed by atoms with Crippen molar-refractivity contribution in [3.8, 4) is 0 Å². The summed E-state index contributed by atoms with van der Waals surface area (Å²) in [5, 5.41) is 29.5. The third-order valence-electron chi connectivity index (χ3n) is 2.46. The van der Waals surface area contributed by atoms with E-state index >= 15 is 0 Å². The molecule has 0 atom stereocenters. The summed E-state index contributed by atoms with van der Waals surface area (Å²) in [5.41, 5.74) is 0. The fraction of sp³-hybridized carbons (Fsp3) is 0.400. The van der Waals surface area contributed by atoms with E-state index in [1.807, 2.05) is 0 Å². The first kappa shape index (κ1) is 44.3. The molecule has 0 fully saturated rings. The second kappa shape index (κ2) is 15.3. The van der Waals surface area contributed by atoms with Crippen molar-refractivity contribution in [2.75, 3.05) is 0 Å². The van der Waals surface area contributed by atoms with Crippen molar-refractivity contribution in [3.05, 3.63) is 35.5 Å². The van der Waals surface area contributed by atoms with Crippen LogP contribution in [0.1, 0.15) is 0 Å². The maximum absolute atomic E-state index is 11.3. The minimum absolute atomic E-state index is 0. The molecular weight excluding hydrogens is 663 g/mol. The quantitative estimate of drug-likeness (QED) is 0.260. The van der Waals surface area contributed by atoms with Crippen LogP contribution >= 0.6 is 0 Å². The second-order valence-corrected chi connectivity index (χ2v) is 5.61. The third-order valence-corrected chi connectivity index (χ3v) is 2.46. The fourth-order valence-electron chi connectivity index (χ4n) is 0.848. The van der Waals surface area contributed by atoms with E-state index in [9.17, 15) is 109 Å². The largest absolute Gasteiger partial charge is 3.00 e. The van der Waals surface area contributed by atoms with Crippen LogP contribution in [-0.4, -0.2) is 54.4 Å². The van der Waals surface area contributed by atoms with E-state index < -0.39 is 89.9 Å². The summed E-state index contributed by atoms with van der Waals surface area (Å²) < 4.78 is 203. The van der Waals surface area contributed by atoms with Gasteiger partial charge in [0.2, 0.25) is 0 Å². The third kappa shape index (κ3) is 20.2. The molecule has 0 aliphatic rings. The van der Waals surface area contributed by atoms with Gasteiger partial charge in [0.25, 0.3) is 17.3 Å². The second-order valence-electron chi connectivity index (χ2n) is 5.61. The number of ketones is 3. The molecule has 0 radical (unpaired) electrons. The summed E-state index contributed by atoms with van der Waals surface area (Å²) in [6.45, 7) is 0. The van der Waals surface area contributed by atoms with E-state index in [1.54, 1.807) is 0 Å². The molecule has 0 saturated heterocycles. The normalized spacial score (nSPS) is 14.1. The fourth-order valence-corrected chi connectivity index (χ4v) is 0.848. The maximum atomic E-state index is 11.3. The molecule has 25 heteroatoms. The number of hydrogen-bond acceptors (Lipinski definition) is 6. The Hall–Kier alpha value is -2.76. The van der Waals surface area contributed by atoms with Crippen molar-refractivity contribution >= 4 is 17.3 Å². The van der Waals surface area contributed by atoms with E-state index in [1.165, 1.54) is 0 Å². The zero-order valence-corrected chi connectivity index (χ0v) is 19.4. The van der Waals surface area contributed by atoms with E-state index in [-0.39, 0.29) is 25.8 Å². The molecule has 0 aliphatic heterocycles. The van der Waals surface area contributed by atoms with Gasteiger partial charge in [0.15, 0.2) is 0 Å². The predicted octanol–water partition coefficient (Wildman–Crippen LogP) is 2.77. The van der Waals surface area contributed by atoms with Gasteiger partial charge in [0.1, 0.15) is 0 Å². The molecule has 0 bridgehead atoms. The molecule has 40 heavy (non-hydrogen) atoms. The molecular formula is C15H3F18O6Sc. The number of carbonyl (C=O) groups is 3. The van der Waals surface area contributed by atoms with Gasteiger partial charge in [-0.2, -0.15) is 79.0 Å². The predicted molar refractivity (Wildman–Crippen MR) is 75.6 cm³/mol. The summed E-state index contributed by atoms with van der Waals surface area (Å²) in [7, 11) is 0. The molecule has 0 unspecified atom stereocenters. The van der Waals surface area contributed by atoms with Gasteiger partial charge < -0.3 is 15.3 Å². The van der Waals surface area contributed by atoms with Gasteiger partial charge in [-0.1, -0.05) is 0 Å². The number of allylic oxidation sites excluding steroid dienone is 6. The molecule has 0 aromatic heterocycles. The number of rotatable bonds is 3. The molecule has 0 rings (SSSR count). The van der Waals surface area contributed by atoms with E-state index in [0.29, 0.717) is 0 Å². The topological polar surface area (TPSA) is 120 Å². The van der Waals surface area contributed by atoms with Crippen LogP contribution in [-0.2, 0) is 40.2 Å². The molecule has 0 N–H and O–H groups in total. The monoisotopic (exact) mass is 666 g/mol. The first-order chi connectivity index (χ1) is 16.6. The number of carbonyl (C=O) groups excluding carboxylic acids is 3. The molecule has 0 amide bonds. The summed E-state index contributed by atoms with van der Waals surface area (Å²) in [6, 6.07) is 0. The Balaban J connectivity index is -0.000000240. The average Bonchev–Trinajstić information content (AvgIpc) is 2.64. The van der Waals surface area contributed by atoms with Gasteiger partial charge >= 0.3 is 62.9 Å². The summed E-state index contributed by atoms with van der Waals surface area (Å²) in [4.78, 5) is 29.5. The SMILES string of the molecule is O=C(/C=C(\[O-])C(F)(F)F)C(F)(F)F.O=C(/C=C(\[O-])C(F)(F)F)C(F)(F)F.O=C(/C=C(\[O-])C(F)(F)F)C(F)(F)F.[Sc+3]. The summed E-state index contributed by atoms with van der Waals surface area (Å²) in [6.07, 6.45) is -35.8. The minimum atomic E-state index is -5.46. The Morgan fingerprint density at radius 3 is 0.550 bits per heavy atom. The molecule has 0 heterocycles. The van der Waals surface area contributed by atoms with Crippen molar-refractivity contribution in [2.45, 2.75) is 37.1 Å². The van der Waals surface area contributed by atoms with Crippen LogP contribution < -0.4 is 15.3 Å².